The fraction of sp³-hybridized carbons (Fsp3) is 0.562. The predicted molar refractivity (Wildman–Crippen MR) is 107 cm³/mol. The van der Waals surface area contributed by atoms with E-state index in [0.29, 0.717) is 12.6 Å². The quantitative estimate of drug-likeness (QED) is 0.805. The zero-order valence-electron chi connectivity index (χ0n) is 14.4. The molecule has 3 N–H and O–H groups in total. The number of nitrogens with one attached hydrogen (secondary N) is 1. The highest BCUT2D eigenvalue weighted by molar-refractivity contribution is 5.87. The second-order valence-electron chi connectivity index (χ2n) is 6.18. The number of halogens is 3. The lowest BCUT2D eigenvalue weighted by atomic mass is 9.92. The molecule has 0 aromatic heterocycles. The standard InChI is InChI=1S/C16H26N4O.3ClH/c1-16(17,13-7-5-4-6-8-13)15(21)18-11-14-12-19(2)9-10-20(14)3;;;/h4-8,14H,9-12,17H2,1-3H3,(H,18,21);3*1H. The van der Waals surface area contributed by atoms with Crippen LogP contribution in [0.2, 0.25) is 0 Å². The van der Waals surface area contributed by atoms with Gasteiger partial charge in [-0.15, -0.1) is 37.2 Å². The maximum absolute atomic E-state index is 12.4. The lowest BCUT2D eigenvalue weighted by Crippen LogP contribution is -2.57. The van der Waals surface area contributed by atoms with Crippen molar-refractivity contribution >= 4 is 43.1 Å². The number of benzene rings is 1. The summed E-state index contributed by atoms with van der Waals surface area (Å²) in [4.78, 5) is 17.0. The lowest BCUT2D eigenvalue weighted by Gasteiger charge is -2.38. The molecule has 5 nitrogen and oxygen atoms in total. The normalized spacial score (nSPS) is 20.6. The number of likely N-dealkylation sites (N-methyl/N-ethyl adjacent to an activating group) is 2. The highest BCUT2D eigenvalue weighted by Gasteiger charge is 2.31. The van der Waals surface area contributed by atoms with Crippen molar-refractivity contribution in [2.75, 3.05) is 40.3 Å². The van der Waals surface area contributed by atoms with Crippen molar-refractivity contribution in [1.29, 1.82) is 0 Å². The van der Waals surface area contributed by atoms with Crippen molar-refractivity contribution in [3.8, 4) is 0 Å². The maximum Gasteiger partial charge on any atom is 0.244 e. The van der Waals surface area contributed by atoms with Gasteiger partial charge in [0, 0.05) is 32.2 Å². The molecule has 24 heavy (non-hydrogen) atoms. The van der Waals surface area contributed by atoms with Gasteiger partial charge in [0.1, 0.15) is 5.54 Å². The predicted octanol–water partition coefficient (Wildman–Crippen LogP) is 1.49. The zero-order valence-corrected chi connectivity index (χ0v) is 16.8. The van der Waals surface area contributed by atoms with E-state index in [1.54, 1.807) is 6.92 Å². The van der Waals surface area contributed by atoms with Crippen molar-refractivity contribution in [2.45, 2.75) is 18.5 Å². The Kier molecular flexibility index (Phi) is 11.9. The van der Waals surface area contributed by atoms with Crippen molar-refractivity contribution < 1.29 is 4.79 Å². The molecule has 0 spiro atoms. The Morgan fingerprint density at radius 3 is 2.38 bits per heavy atom. The van der Waals surface area contributed by atoms with Crippen LogP contribution in [-0.2, 0) is 10.3 Å². The first-order chi connectivity index (χ1) is 9.91. The molecule has 0 radical (unpaired) electrons. The first-order valence-electron chi connectivity index (χ1n) is 7.42. The van der Waals surface area contributed by atoms with Gasteiger partial charge in [-0.05, 0) is 26.6 Å². The molecule has 1 aromatic carbocycles. The van der Waals surface area contributed by atoms with Crippen LogP contribution in [0.1, 0.15) is 12.5 Å². The van der Waals surface area contributed by atoms with Crippen LogP contribution in [0.5, 0.6) is 0 Å². The Balaban J connectivity index is 0. The van der Waals surface area contributed by atoms with E-state index in [1.807, 2.05) is 30.3 Å². The van der Waals surface area contributed by atoms with Gasteiger partial charge in [-0.2, -0.15) is 0 Å². The largest absolute Gasteiger partial charge is 0.353 e. The molecule has 2 atom stereocenters. The second-order valence-corrected chi connectivity index (χ2v) is 6.18. The maximum atomic E-state index is 12.4. The number of hydrogen-bond donors (Lipinski definition) is 2. The number of nitrogens with two attached hydrogens (primary N) is 1. The van der Waals surface area contributed by atoms with Crippen molar-refractivity contribution in [3.05, 3.63) is 35.9 Å². The van der Waals surface area contributed by atoms with Gasteiger partial charge in [-0.25, -0.2) is 0 Å². The minimum Gasteiger partial charge on any atom is -0.353 e. The molecular formula is C16H29Cl3N4O. The number of nitrogens with zero attached hydrogens (tertiary/aromatic N) is 2. The molecule has 2 rings (SSSR count). The van der Waals surface area contributed by atoms with E-state index in [4.69, 9.17) is 5.73 Å². The van der Waals surface area contributed by atoms with Gasteiger partial charge in [-0.1, -0.05) is 30.3 Å². The van der Waals surface area contributed by atoms with Gasteiger partial charge in [0.15, 0.2) is 0 Å². The Bertz CT molecular complexity index is 487. The summed E-state index contributed by atoms with van der Waals surface area (Å²) >= 11 is 0. The van der Waals surface area contributed by atoms with Gasteiger partial charge in [0.25, 0.3) is 0 Å². The number of carbonyl (C=O) groups excluding carboxylic acids is 1. The Morgan fingerprint density at radius 1 is 1.21 bits per heavy atom. The summed E-state index contributed by atoms with van der Waals surface area (Å²) in [5, 5.41) is 3.01. The molecule has 1 aliphatic rings. The van der Waals surface area contributed by atoms with Crippen molar-refractivity contribution in [1.82, 2.24) is 15.1 Å². The molecule has 2 unspecified atom stereocenters. The fourth-order valence-corrected chi connectivity index (χ4v) is 2.63. The molecule has 1 heterocycles. The molecule has 1 amide bonds. The summed E-state index contributed by atoms with van der Waals surface area (Å²) in [6, 6.07) is 9.83. The summed E-state index contributed by atoms with van der Waals surface area (Å²) in [5.74, 6) is -0.129. The summed E-state index contributed by atoms with van der Waals surface area (Å²) in [5.41, 5.74) is 6.05. The van der Waals surface area contributed by atoms with E-state index < -0.39 is 5.54 Å². The van der Waals surface area contributed by atoms with Crippen molar-refractivity contribution in [3.63, 3.8) is 0 Å². The monoisotopic (exact) mass is 398 g/mol. The SMILES string of the molecule is CN1CCN(C)C(CNC(=O)C(C)(N)c2ccccc2)C1.Cl.Cl.Cl. The number of carbonyl (C=O) groups is 1. The van der Waals surface area contributed by atoms with Crippen LogP contribution in [0.15, 0.2) is 30.3 Å². The number of amides is 1. The third-order valence-electron chi connectivity index (χ3n) is 4.32. The van der Waals surface area contributed by atoms with Crippen LogP contribution in [0.3, 0.4) is 0 Å². The van der Waals surface area contributed by atoms with E-state index in [-0.39, 0.29) is 43.1 Å². The van der Waals surface area contributed by atoms with Crippen LogP contribution in [0, 0.1) is 0 Å². The van der Waals surface area contributed by atoms with Gasteiger partial charge in [0.05, 0.1) is 0 Å². The van der Waals surface area contributed by atoms with Gasteiger partial charge >= 0.3 is 0 Å². The second kappa shape index (κ2) is 11.1. The molecule has 8 heteroatoms. The van der Waals surface area contributed by atoms with Crippen LogP contribution in [-0.4, -0.2) is 62.0 Å². The van der Waals surface area contributed by atoms with E-state index in [0.717, 1.165) is 25.2 Å². The van der Waals surface area contributed by atoms with Crippen LogP contribution >= 0.6 is 37.2 Å². The molecule has 0 aliphatic carbocycles. The average Bonchev–Trinajstić information content (AvgIpc) is 2.48. The van der Waals surface area contributed by atoms with E-state index >= 15 is 0 Å². The number of piperazine rings is 1. The molecular weight excluding hydrogens is 371 g/mol. The topological polar surface area (TPSA) is 61.6 Å². The third-order valence-corrected chi connectivity index (χ3v) is 4.32. The zero-order chi connectivity index (χ0) is 15.5. The molecule has 140 valence electrons. The van der Waals surface area contributed by atoms with Gasteiger partial charge in [0.2, 0.25) is 5.91 Å². The molecule has 0 bridgehead atoms. The van der Waals surface area contributed by atoms with Gasteiger partial charge in [-0.3, -0.25) is 9.69 Å². The minimum absolute atomic E-state index is 0. The summed E-state index contributed by atoms with van der Waals surface area (Å²) < 4.78 is 0. The molecule has 1 aromatic rings. The molecule has 1 saturated heterocycles. The first-order valence-corrected chi connectivity index (χ1v) is 7.42. The number of hydrogen-bond acceptors (Lipinski definition) is 4. The number of rotatable bonds is 4. The summed E-state index contributed by atoms with van der Waals surface area (Å²) in [6.07, 6.45) is 0. The Hall–Kier alpha value is -0.560. The third kappa shape index (κ3) is 6.39. The first kappa shape index (κ1) is 25.7. The average molecular weight is 400 g/mol. The van der Waals surface area contributed by atoms with Crippen LogP contribution in [0.25, 0.3) is 0 Å². The molecule has 0 saturated carbocycles. The van der Waals surface area contributed by atoms with E-state index in [9.17, 15) is 4.79 Å². The molecule has 1 aliphatic heterocycles. The summed E-state index contributed by atoms with van der Waals surface area (Å²) in [6.45, 7) is 5.44. The van der Waals surface area contributed by atoms with Gasteiger partial charge < -0.3 is 16.0 Å². The lowest BCUT2D eigenvalue weighted by molar-refractivity contribution is -0.126. The Labute approximate surface area is 163 Å². The highest BCUT2D eigenvalue weighted by atomic mass is 35.5. The fourth-order valence-electron chi connectivity index (χ4n) is 2.63. The van der Waals surface area contributed by atoms with E-state index in [1.165, 1.54) is 0 Å². The highest BCUT2D eigenvalue weighted by Crippen LogP contribution is 2.17. The Morgan fingerprint density at radius 2 is 1.79 bits per heavy atom. The van der Waals surface area contributed by atoms with Crippen molar-refractivity contribution in [2.24, 2.45) is 5.73 Å². The van der Waals surface area contributed by atoms with E-state index in [2.05, 4.69) is 29.2 Å². The minimum atomic E-state index is -1.000. The smallest absolute Gasteiger partial charge is 0.244 e. The van der Waals surface area contributed by atoms with Crippen LogP contribution in [0.4, 0.5) is 0 Å². The molecule has 1 fully saturated rings. The summed E-state index contributed by atoms with van der Waals surface area (Å²) in [7, 11) is 4.21. The van der Waals surface area contributed by atoms with Crippen LogP contribution < -0.4 is 11.1 Å².